The molecule has 1 atom stereocenters. The summed E-state index contributed by atoms with van der Waals surface area (Å²) in [5, 5.41) is 17.8. The van der Waals surface area contributed by atoms with Crippen LogP contribution >= 0.6 is 0 Å². The highest BCUT2D eigenvalue weighted by Crippen LogP contribution is 2.33. The Morgan fingerprint density at radius 2 is 2.11 bits per heavy atom. The van der Waals surface area contributed by atoms with E-state index in [2.05, 4.69) is 6.58 Å². The zero-order valence-corrected chi connectivity index (χ0v) is 9.59. The van der Waals surface area contributed by atoms with Gasteiger partial charge < -0.3 is 14.9 Å². The fraction of sp³-hybridized carbons (Fsp3) is 0.333. The Hall–Kier alpha value is -1.95. The largest absolute Gasteiger partial charge is 0.513 e. The number of hydrogen-bond donors (Lipinski definition) is 2. The Labute approximate surface area is 104 Å². The van der Waals surface area contributed by atoms with Gasteiger partial charge in [0.25, 0.3) is 0 Å². The number of carbonyl (C=O) groups is 3. The summed E-state index contributed by atoms with van der Waals surface area (Å²) in [6.07, 6.45) is 2.56. The Morgan fingerprint density at radius 3 is 2.61 bits per heavy atom. The van der Waals surface area contributed by atoms with Gasteiger partial charge in [-0.2, -0.15) is 0 Å². The predicted molar refractivity (Wildman–Crippen MR) is 60.3 cm³/mol. The van der Waals surface area contributed by atoms with E-state index in [1.807, 2.05) is 0 Å². The molecule has 1 radical (unpaired) electrons. The Bertz CT molecular complexity index is 422. The van der Waals surface area contributed by atoms with Crippen LogP contribution in [0.4, 0.5) is 0 Å². The van der Waals surface area contributed by atoms with Crippen molar-refractivity contribution in [3.8, 4) is 0 Å². The maximum atomic E-state index is 11.8. The fourth-order valence-electron chi connectivity index (χ4n) is 1.59. The molecule has 6 nitrogen and oxygen atoms in total. The van der Waals surface area contributed by atoms with E-state index in [0.29, 0.717) is 0 Å². The lowest BCUT2D eigenvalue weighted by atomic mass is 9.74. The molecule has 0 heterocycles. The van der Waals surface area contributed by atoms with E-state index in [9.17, 15) is 19.5 Å². The summed E-state index contributed by atoms with van der Waals surface area (Å²) in [5.41, 5.74) is -1.77. The zero-order valence-electron chi connectivity index (χ0n) is 9.59. The molecule has 1 rings (SSSR count). The van der Waals surface area contributed by atoms with Crippen LogP contribution in [0.1, 0.15) is 6.42 Å². The van der Waals surface area contributed by atoms with Gasteiger partial charge in [0.05, 0.1) is 18.8 Å². The van der Waals surface area contributed by atoms with Gasteiger partial charge in [0.1, 0.15) is 6.61 Å². The van der Waals surface area contributed by atoms with Crippen molar-refractivity contribution in [2.45, 2.75) is 6.42 Å². The van der Waals surface area contributed by atoms with Crippen molar-refractivity contribution >= 4 is 17.5 Å². The van der Waals surface area contributed by atoms with Crippen molar-refractivity contribution in [1.82, 2.24) is 0 Å². The minimum absolute atomic E-state index is 0.270. The molecule has 1 aliphatic carbocycles. The standard InChI is InChI=1S/C12H13O6/c1-8(14)7-12(11(17)18-5-4-13)3-2-9(15)6-10(12)16/h2-3,6,13-14H,1,4-5,7H2. The number of aliphatic hydroxyl groups is 2. The third-order valence-corrected chi connectivity index (χ3v) is 2.42. The molecule has 0 fully saturated rings. The summed E-state index contributed by atoms with van der Waals surface area (Å²) < 4.78 is 4.70. The van der Waals surface area contributed by atoms with Gasteiger partial charge >= 0.3 is 5.97 Å². The summed E-state index contributed by atoms with van der Waals surface area (Å²) in [7, 11) is 0. The van der Waals surface area contributed by atoms with Gasteiger partial charge in [-0.3, -0.25) is 14.4 Å². The zero-order chi connectivity index (χ0) is 13.8. The van der Waals surface area contributed by atoms with Crippen LogP contribution in [-0.2, 0) is 19.1 Å². The van der Waals surface area contributed by atoms with Gasteiger partial charge in [0, 0.05) is 6.42 Å². The maximum absolute atomic E-state index is 11.8. The Morgan fingerprint density at radius 1 is 1.44 bits per heavy atom. The van der Waals surface area contributed by atoms with Gasteiger partial charge in [-0.15, -0.1) is 0 Å². The number of Topliss-reactive ketones (excluding diaryl/α,β-unsaturated/α-hetero) is 1. The Balaban J connectivity index is 3.06. The maximum Gasteiger partial charge on any atom is 0.324 e. The fourth-order valence-corrected chi connectivity index (χ4v) is 1.59. The topological polar surface area (TPSA) is 101 Å². The Kier molecular flexibility index (Phi) is 4.38. The molecule has 97 valence electrons. The lowest BCUT2D eigenvalue weighted by Crippen LogP contribution is -2.43. The molecule has 0 aliphatic heterocycles. The quantitative estimate of drug-likeness (QED) is 0.402. The first-order chi connectivity index (χ1) is 8.42. The summed E-state index contributed by atoms with van der Waals surface area (Å²) in [5.74, 6) is -2.62. The lowest BCUT2D eigenvalue weighted by molar-refractivity contribution is -0.157. The van der Waals surface area contributed by atoms with E-state index < -0.39 is 23.0 Å². The molecule has 0 spiro atoms. The highest BCUT2D eigenvalue weighted by atomic mass is 16.5. The number of esters is 1. The molecule has 0 bridgehead atoms. The van der Waals surface area contributed by atoms with E-state index >= 15 is 0 Å². The van der Waals surface area contributed by atoms with Gasteiger partial charge in [-0.05, 0) is 6.08 Å². The second-order valence-electron chi connectivity index (χ2n) is 3.82. The van der Waals surface area contributed by atoms with E-state index in [4.69, 9.17) is 9.84 Å². The van der Waals surface area contributed by atoms with Crippen LogP contribution in [0.25, 0.3) is 0 Å². The molecule has 18 heavy (non-hydrogen) atoms. The van der Waals surface area contributed by atoms with Crippen LogP contribution in [0, 0.1) is 11.8 Å². The van der Waals surface area contributed by atoms with Gasteiger partial charge in [-0.25, -0.2) is 0 Å². The van der Waals surface area contributed by atoms with Gasteiger partial charge in [-0.1, -0.05) is 12.7 Å². The van der Waals surface area contributed by atoms with Crippen LogP contribution in [-0.4, -0.2) is 41.0 Å². The molecule has 0 saturated carbocycles. The van der Waals surface area contributed by atoms with Gasteiger partial charge in [0.2, 0.25) is 0 Å². The van der Waals surface area contributed by atoms with Crippen molar-refractivity contribution in [1.29, 1.82) is 0 Å². The average molecular weight is 253 g/mol. The van der Waals surface area contributed by atoms with Crippen LogP contribution in [0.3, 0.4) is 0 Å². The number of ketones is 2. The van der Waals surface area contributed by atoms with Crippen molar-refractivity contribution in [2.75, 3.05) is 13.2 Å². The smallest absolute Gasteiger partial charge is 0.324 e. The molecule has 2 N–H and O–H groups in total. The molecule has 0 aromatic rings. The van der Waals surface area contributed by atoms with Crippen molar-refractivity contribution < 1.29 is 29.3 Å². The van der Waals surface area contributed by atoms with E-state index in [1.165, 1.54) is 0 Å². The van der Waals surface area contributed by atoms with Crippen LogP contribution in [0.15, 0.2) is 24.5 Å². The molecule has 1 unspecified atom stereocenters. The van der Waals surface area contributed by atoms with Crippen molar-refractivity contribution in [3.05, 3.63) is 30.9 Å². The third kappa shape index (κ3) is 2.84. The molecule has 0 aromatic carbocycles. The SMILES string of the molecule is C=C(O)CC1(C(=O)OCCO)C=CC(=O)[CH]C1=O. The predicted octanol–water partition coefficient (Wildman–Crippen LogP) is -0.118. The third-order valence-electron chi connectivity index (χ3n) is 2.42. The van der Waals surface area contributed by atoms with Crippen molar-refractivity contribution in [3.63, 3.8) is 0 Å². The molecule has 0 aromatic heterocycles. The minimum atomic E-state index is -1.77. The first-order valence-electron chi connectivity index (χ1n) is 5.19. The highest BCUT2D eigenvalue weighted by Gasteiger charge is 2.47. The second kappa shape index (κ2) is 5.59. The number of aliphatic hydroxyl groups excluding tert-OH is 2. The summed E-state index contributed by atoms with van der Waals surface area (Å²) >= 11 is 0. The normalized spacial score (nSPS) is 22.9. The van der Waals surface area contributed by atoms with E-state index in [0.717, 1.165) is 18.6 Å². The number of carbonyl (C=O) groups excluding carboxylic acids is 3. The lowest BCUT2D eigenvalue weighted by Gasteiger charge is -2.28. The average Bonchev–Trinajstić information content (AvgIpc) is 2.29. The minimum Gasteiger partial charge on any atom is -0.513 e. The molecule has 0 saturated heterocycles. The molecule has 1 aliphatic rings. The summed E-state index contributed by atoms with van der Waals surface area (Å²) in [6.45, 7) is 2.57. The first kappa shape index (κ1) is 14.1. The second-order valence-corrected chi connectivity index (χ2v) is 3.82. The highest BCUT2D eigenvalue weighted by molar-refractivity contribution is 6.25. The number of allylic oxidation sites excluding steroid dienone is 2. The number of ether oxygens (including phenoxy) is 1. The first-order valence-corrected chi connectivity index (χ1v) is 5.19. The number of hydrogen-bond acceptors (Lipinski definition) is 6. The van der Waals surface area contributed by atoms with E-state index in [1.54, 1.807) is 0 Å². The van der Waals surface area contributed by atoms with Crippen LogP contribution in [0.5, 0.6) is 0 Å². The number of rotatable bonds is 5. The van der Waals surface area contributed by atoms with E-state index in [-0.39, 0.29) is 25.4 Å². The summed E-state index contributed by atoms with van der Waals surface area (Å²) in [4.78, 5) is 34.7. The molecular weight excluding hydrogens is 240 g/mol. The van der Waals surface area contributed by atoms with Crippen LogP contribution in [0.2, 0.25) is 0 Å². The molecule has 0 amide bonds. The molecule has 6 heteroatoms. The van der Waals surface area contributed by atoms with Gasteiger partial charge in [0.15, 0.2) is 17.0 Å². The van der Waals surface area contributed by atoms with Crippen molar-refractivity contribution in [2.24, 2.45) is 5.41 Å². The summed E-state index contributed by atoms with van der Waals surface area (Å²) in [6, 6.07) is 0. The molecular formula is C12H13O6. The monoisotopic (exact) mass is 253 g/mol. The van der Waals surface area contributed by atoms with Crippen LogP contribution < -0.4 is 0 Å².